The van der Waals surface area contributed by atoms with Crippen molar-refractivity contribution >= 4 is 0 Å². The second kappa shape index (κ2) is 2.78. The van der Waals surface area contributed by atoms with Crippen molar-refractivity contribution < 1.29 is 14.9 Å². The molecule has 6 nitrogen and oxygen atoms in total. The maximum atomic E-state index is 10.5. The van der Waals surface area contributed by atoms with Gasteiger partial charge in [0, 0.05) is 12.5 Å². The van der Waals surface area contributed by atoms with Gasteiger partial charge in [-0.25, -0.2) is 4.63 Å². The maximum Gasteiger partial charge on any atom is 0.141 e. The van der Waals surface area contributed by atoms with Crippen LogP contribution in [0.2, 0.25) is 0 Å². The van der Waals surface area contributed by atoms with E-state index in [1.165, 1.54) is 5.06 Å². The van der Waals surface area contributed by atoms with Crippen LogP contribution in [0.3, 0.4) is 0 Å². The Balaban J connectivity index is 2.10. The Morgan fingerprint density at radius 2 is 2.33 bits per heavy atom. The maximum absolute atomic E-state index is 10.5. The third kappa shape index (κ3) is 1.04. The van der Waals surface area contributed by atoms with E-state index in [1.54, 1.807) is 0 Å². The molecule has 1 aromatic rings. The quantitative estimate of drug-likeness (QED) is 0.631. The first kappa shape index (κ1) is 9.26. The van der Waals surface area contributed by atoms with Crippen LogP contribution in [0.1, 0.15) is 31.2 Å². The van der Waals surface area contributed by atoms with Gasteiger partial charge in [0.15, 0.2) is 0 Å². The highest BCUT2D eigenvalue weighted by atomic mass is 16.6. The number of hydroxylamine groups is 2. The van der Waals surface area contributed by atoms with Crippen molar-refractivity contribution in [2.75, 3.05) is 0 Å². The number of hydrogen-bond acceptors (Lipinski definition) is 6. The summed E-state index contributed by atoms with van der Waals surface area (Å²) in [7, 11) is 0. The van der Waals surface area contributed by atoms with Gasteiger partial charge >= 0.3 is 0 Å². The molecule has 6 heteroatoms. The van der Waals surface area contributed by atoms with Gasteiger partial charge in [0.2, 0.25) is 0 Å². The first-order valence-electron chi connectivity index (χ1n) is 5.14. The van der Waals surface area contributed by atoms with Crippen molar-refractivity contribution in [2.24, 2.45) is 0 Å². The molecule has 0 radical (unpaired) electrons. The van der Waals surface area contributed by atoms with Crippen LogP contribution in [0.25, 0.3) is 0 Å². The van der Waals surface area contributed by atoms with Crippen LogP contribution in [-0.4, -0.2) is 37.8 Å². The fourth-order valence-corrected chi connectivity index (χ4v) is 2.80. The van der Waals surface area contributed by atoms with Crippen LogP contribution in [0.4, 0.5) is 0 Å². The molecule has 1 aliphatic carbocycles. The highest BCUT2D eigenvalue weighted by Gasteiger charge is 2.55. The lowest BCUT2D eigenvalue weighted by atomic mass is 9.81. The number of aliphatic hydroxyl groups is 1. The predicted octanol–water partition coefficient (Wildman–Crippen LogP) is 0.0554. The van der Waals surface area contributed by atoms with E-state index in [-0.39, 0.29) is 12.1 Å². The normalized spacial score (nSPS) is 40.2. The summed E-state index contributed by atoms with van der Waals surface area (Å²) < 4.78 is 4.65. The minimum absolute atomic E-state index is 0.0670. The minimum atomic E-state index is -1.10. The Morgan fingerprint density at radius 3 is 3.13 bits per heavy atom. The largest absolute Gasteiger partial charge is 0.382 e. The first-order valence-corrected chi connectivity index (χ1v) is 5.14. The Hall–Kier alpha value is -0.980. The Bertz CT molecular complexity index is 394. The van der Waals surface area contributed by atoms with Gasteiger partial charge in [0.05, 0.1) is 6.04 Å². The van der Waals surface area contributed by atoms with Crippen molar-refractivity contribution in [2.45, 2.75) is 43.9 Å². The Morgan fingerprint density at radius 1 is 1.53 bits per heavy atom. The average molecular weight is 211 g/mol. The molecule has 0 bridgehead atoms. The second-order valence-corrected chi connectivity index (χ2v) is 4.47. The zero-order chi connectivity index (χ0) is 10.6. The lowest BCUT2D eigenvalue weighted by Crippen LogP contribution is -2.45. The fourth-order valence-electron chi connectivity index (χ4n) is 2.80. The number of rotatable bonds is 0. The summed E-state index contributed by atoms with van der Waals surface area (Å²) in [5.41, 5.74) is 0.125. The van der Waals surface area contributed by atoms with Crippen LogP contribution < -0.4 is 0 Å². The summed E-state index contributed by atoms with van der Waals surface area (Å²) in [6.45, 7) is 1.88. The smallest absolute Gasteiger partial charge is 0.141 e. The van der Waals surface area contributed by atoms with E-state index < -0.39 is 5.60 Å². The number of hydrogen-bond donors (Lipinski definition) is 2. The third-order valence-electron chi connectivity index (χ3n) is 3.55. The van der Waals surface area contributed by atoms with Gasteiger partial charge in [-0.1, -0.05) is 10.3 Å². The van der Waals surface area contributed by atoms with E-state index in [1.807, 2.05) is 6.92 Å². The van der Waals surface area contributed by atoms with Crippen LogP contribution in [0.5, 0.6) is 0 Å². The third-order valence-corrected chi connectivity index (χ3v) is 3.55. The summed E-state index contributed by atoms with van der Waals surface area (Å²) in [4.78, 5) is 0. The molecule has 0 spiro atoms. The second-order valence-electron chi connectivity index (χ2n) is 4.47. The van der Waals surface area contributed by atoms with E-state index >= 15 is 0 Å². The topological polar surface area (TPSA) is 82.6 Å². The van der Waals surface area contributed by atoms with Gasteiger partial charge in [0.1, 0.15) is 17.0 Å². The first-order chi connectivity index (χ1) is 7.13. The average Bonchev–Trinajstić information content (AvgIpc) is 2.72. The molecule has 0 unspecified atom stereocenters. The molecule has 0 amide bonds. The molecular formula is C9H13N3O3. The van der Waals surface area contributed by atoms with Gasteiger partial charge in [-0.05, 0) is 19.8 Å². The van der Waals surface area contributed by atoms with E-state index in [0.29, 0.717) is 25.0 Å². The summed E-state index contributed by atoms with van der Waals surface area (Å²) in [5.74, 6) is 0. The molecule has 2 aliphatic rings. The molecule has 82 valence electrons. The van der Waals surface area contributed by atoms with E-state index in [0.717, 1.165) is 5.69 Å². The summed E-state index contributed by atoms with van der Waals surface area (Å²) in [5, 5.41) is 29.1. The molecule has 1 fully saturated rings. The van der Waals surface area contributed by atoms with Crippen molar-refractivity contribution in [1.82, 2.24) is 15.4 Å². The number of fused-ring (bicyclic) bond motifs is 3. The van der Waals surface area contributed by atoms with Gasteiger partial charge in [-0.15, -0.1) is 0 Å². The molecule has 0 aromatic carbocycles. The lowest BCUT2D eigenvalue weighted by molar-refractivity contribution is -0.159. The standard InChI is InChI=1S/C9H13N3O3/c1-5-4-9(13)7(12(5)14)3-2-6-8(9)11-15-10-6/h5,7,13-14H,2-4H2,1H3/t5-,7+,9-/m0/s1. The lowest BCUT2D eigenvalue weighted by Gasteiger charge is -2.33. The summed E-state index contributed by atoms with van der Waals surface area (Å²) in [6.07, 6.45) is 1.84. The number of nitrogens with zero attached hydrogens (tertiary/aromatic N) is 3. The zero-order valence-corrected chi connectivity index (χ0v) is 8.42. The van der Waals surface area contributed by atoms with Gasteiger partial charge in [-0.2, -0.15) is 5.06 Å². The van der Waals surface area contributed by atoms with Crippen molar-refractivity contribution in [3.05, 3.63) is 11.4 Å². The summed E-state index contributed by atoms with van der Waals surface area (Å²) >= 11 is 0. The van der Waals surface area contributed by atoms with Crippen molar-refractivity contribution in [3.63, 3.8) is 0 Å². The molecule has 1 aromatic heterocycles. The molecule has 3 rings (SSSR count). The number of aromatic nitrogens is 2. The van der Waals surface area contributed by atoms with Crippen LogP contribution in [0.15, 0.2) is 4.63 Å². The van der Waals surface area contributed by atoms with E-state index in [4.69, 9.17) is 0 Å². The van der Waals surface area contributed by atoms with E-state index in [9.17, 15) is 10.3 Å². The molecule has 2 N–H and O–H groups in total. The molecule has 1 aliphatic heterocycles. The molecular weight excluding hydrogens is 198 g/mol. The molecule has 15 heavy (non-hydrogen) atoms. The Labute approximate surface area is 86.4 Å². The van der Waals surface area contributed by atoms with Crippen LogP contribution >= 0.6 is 0 Å². The Kier molecular flexibility index (Phi) is 1.72. The molecule has 2 heterocycles. The molecule has 1 saturated heterocycles. The van der Waals surface area contributed by atoms with Gasteiger partial charge in [-0.3, -0.25) is 0 Å². The SMILES string of the molecule is C[C@H]1C[C@@]2(O)c3nonc3CC[C@H]2N1O. The highest BCUT2D eigenvalue weighted by molar-refractivity contribution is 5.26. The van der Waals surface area contributed by atoms with Crippen molar-refractivity contribution in [3.8, 4) is 0 Å². The fraction of sp³-hybridized carbons (Fsp3) is 0.778. The van der Waals surface area contributed by atoms with Crippen LogP contribution in [0, 0.1) is 0 Å². The predicted molar refractivity (Wildman–Crippen MR) is 48.0 cm³/mol. The molecule has 0 saturated carbocycles. The monoisotopic (exact) mass is 211 g/mol. The number of aryl methyl sites for hydroxylation is 1. The zero-order valence-electron chi connectivity index (χ0n) is 8.42. The highest BCUT2D eigenvalue weighted by Crippen LogP contribution is 2.45. The van der Waals surface area contributed by atoms with Gasteiger partial charge < -0.3 is 10.3 Å². The molecule has 3 atom stereocenters. The van der Waals surface area contributed by atoms with Crippen LogP contribution in [-0.2, 0) is 12.0 Å². The van der Waals surface area contributed by atoms with Gasteiger partial charge in [0.25, 0.3) is 0 Å². The summed E-state index contributed by atoms with van der Waals surface area (Å²) in [6, 6.07) is -0.352. The van der Waals surface area contributed by atoms with Crippen molar-refractivity contribution in [1.29, 1.82) is 0 Å². The van der Waals surface area contributed by atoms with E-state index in [2.05, 4.69) is 14.9 Å². The minimum Gasteiger partial charge on any atom is -0.382 e.